The summed E-state index contributed by atoms with van der Waals surface area (Å²) in [5.74, 6) is 0.468. The molecule has 0 bridgehead atoms. The molecule has 1 atom stereocenters. The van der Waals surface area contributed by atoms with Crippen molar-refractivity contribution in [1.29, 1.82) is 0 Å². The summed E-state index contributed by atoms with van der Waals surface area (Å²) in [4.78, 5) is 8.61. The average Bonchev–Trinajstić information content (AvgIpc) is 2.66. The molecule has 4 heteroatoms. The lowest BCUT2D eigenvalue weighted by Gasteiger charge is -2.26. The van der Waals surface area contributed by atoms with Gasteiger partial charge in [0, 0.05) is 24.0 Å². The highest BCUT2D eigenvalue weighted by molar-refractivity contribution is 7.15. The van der Waals surface area contributed by atoms with Gasteiger partial charge in [-0.1, -0.05) is 26.7 Å². The molecule has 0 aliphatic carbocycles. The van der Waals surface area contributed by atoms with Gasteiger partial charge in [0.25, 0.3) is 0 Å². The molecule has 3 nitrogen and oxygen atoms in total. The highest BCUT2D eigenvalue weighted by Gasteiger charge is 2.22. The van der Waals surface area contributed by atoms with Crippen molar-refractivity contribution in [1.82, 2.24) is 4.98 Å². The second-order valence-electron chi connectivity index (χ2n) is 5.56. The number of nitrogens with two attached hydrogens (primary N) is 1. The largest absolute Gasteiger partial charge is 0.345 e. The summed E-state index contributed by atoms with van der Waals surface area (Å²) in [5.41, 5.74) is 7.05. The van der Waals surface area contributed by atoms with Crippen LogP contribution in [0.15, 0.2) is 0 Å². The summed E-state index contributed by atoms with van der Waals surface area (Å²) in [6.07, 6.45) is 5.28. The second kappa shape index (κ2) is 6.02. The first-order valence-corrected chi connectivity index (χ1v) is 7.91. The predicted octanol–water partition coefficient (Wildman–Crippen LogP) is 3.49. The van der Waals surface area contributed by atoms with Gasteiger partial charge in [-0.15, -0.1) is 11.3 Å². The maximum Gasteiger partial charge on any atom is 0.186 e. The van der Waals surface area contributed by atoms with Crippen molar-refractivity contribution in [2.24, 2.45) is 5.73 Å². The molecule has 1 fully saturated rings. The van der Waals surface area contributed by atoms with Crippen LogP contribution in [0.1, 0.15) is 62.9 Å². The van der Waals surface area contributed by atoms with E-state index in [2.05, 4.69) is 25.7 Å². The Hall–Kier alpha value is -0.610. The van der Waals surface area contributed by atoms with Gasteiger partial charge < -0.3 is 10.6 Å². The van der Waals surface area contributed by atoms with Gasteiger partial charge in [0.05, 0.1) is 5.69 Å². The summed E-state index contributed by atoms with van der Waals surface area (Å²) in [7, 11) is 0. The molecule has 18 heavy (non-hydrogen) atoms. The summed E-state index contributed by atoms with van der Waals surface area (Å²) < 4.78 is 0. The topological polar surface area (TPSA) is 42.2 Å². The molecule has 0 radical (unpaired) electrons. The zero-order valence-electron chi connectivity index (χ0n) is 11.8. The molecule has 2 N–H and O–H groups in total. The Morgan fingerprint density at radius 2 is 2.17 bits per heavy atom. The molecule has 0 amide bonds. The van der Waals surface area contributed by atoms with Gasteiger partial charge in [-0.25, -0.2) is 4.98 Å². The highest BCUT2D eigenvalue weighted by atomic mass is 32.1. The Balaban J connectivity index is 2.26. The molecular formula is C14H25N3S. The van der Waals surface area contributed by atoms with E-state index in [1.165, 1.54) is 41.4 Å². The summed E-state index contributed by atoms with van der Waals surface area (Å²) in [5, 5.41) is 1.19. The molecule has 2 rings (SSSR count). The van der Waals surface area contributed by atoms with Crippen LogP contribution in [-0.4, -0.2) is 17.6 Å². The molecule has 102 valence electrons. The van der Waals surface area contributed by atoms with E-state index in [4.69, 9.17) is 10.7 Å². The van der Waals surface area contributed by atoms with E-state index in [1.807, 2.05) is 0 Å². The molecule has 1 unspecified atom stereocenters. The normalized spacial score (nSPS) is 21.4. The van der Waals surface area contributed by atoms with Gasteiger partial charge in [0.2, 0.25) is 0 Å². The van der Waals surface area contributed by atoms with E-state index in [1.54, 1.807) is 11.3 Å². The Bertz CT molecular complexity index is 386. The third-order valence-corrected chi connectivity index (χ3v) is 4.88. The van der Waals surface area contributed by atoms with Crippen LogP contribution >= 0.6 is 11.3 Å². The van der Waals surface area contributed by atoms with Crippen molar-refractivity contribution in [3.63, 3.8) is 0 Å². The number of rotatable bonds is 3. The SMILES string of the molecule is CC(C)c1nc(N2CCCCCC2C)sc1CN. The van der Waals surface area contributed by atoms with Crippen LogP contribution < -0.4 is 10.6 Å². The maximum absolute atomic E-state index is 5.85. The molecule has 0 aromatic carbocycles. The van der Waals surface area contributed by atoms with E-state index < -0.39 is 0 Å². The van der Waals surface area contributed by atoms with Crippen molar-refractivity contribution >= 4 is 16.5 Å². The number of nitrogens with zero attached hydrogens (tertiary/aromatic N) is 2. The van der Waals surface area contributed by atoms with E-state index in [0.717, 1.165) is 6.54 Å². The molecule has 0 saturated carbocycles. The number of thiazole rings is 1. The van der Waals surface area contributed by atoms with Gasteiger partial charge in [-0.2, -0.15) is 0 Å². The lowest BCUT2D eigenvalue weighted by atomic mass is 10.1. The van der Waals surface area contributed by atoms with Crippen LogP contribution in [0.4, 0.5) is 5.13 Å². The van der Waals surface area contributed by atoms with Crippen molar-refractivity contribution in [2.75, 3.05) is 11.4 Å². The fourth-order valence-corrected chi connectivity index (χ4v) is 3.85. The number of aromatic nitrogens is 1. The van der Waals surface area contributed by atoms with Gasteiger partial charge in [0.1, 0.15) is 0 Å². The van der Waals surface area contributed by atoms with Gasteiger partial charge >= 0.3 is 0 Å². The number of hydrogen-bond donors (Lipinski definition) is 1. The van der Waals surface area contributed by atoms with E-state index >= 15 is 0 Å². The van der Waals surface area contributed by atoms with Gasteiger partial charge in [-0.05, 0) is 25.7 Å². The molecule has 1 aromatic heterocycles. The van der Waals surface area contributed by atoms with Crippen LogP contribution in [0.5, 0.6) is 0 Å². The summed E-state index contributed by atoms with van der Waals surface area (Å²) in [6, 6.07) is 0.615. The Labute approximate surface area is 114 Å². The standard InChI is InChI=1S/C14H25N3S/c1-10(2)13-12(9-15)18-14(16-13)17-8-6-4-5-7-11(17)3/h10-11H,4-9,15H2,1-3H3. The van der Waals surface area contributed by atoms with Crippen molar-refractivity contribution < 1.29 is 0 Å². The third-order valence-electron chi connectivity index (χ3n) is 3.75. The summed E-state index contributed by atoms with van der Waals surface area (Å²) >= 11 is 1.80. The monoisotopic (exact) mass is 267 g/mol. The first-order chi connectivity index (χ1) is 8.63. The minimum absolute atomic E-state index is 0.468. The van der Waals surface area contributed by atoms with Gasteiger partial charge in [-0.3, -0.25) is 0 Å². The minimum atomic E-state index is 0.468. The maximum atomic E-state index is 5.85. The fourth-order valence-electron chi connectivity index (χ4n) is 2.63. The van der Waals surface area contributed by atoms with Crippen LogP contribution in [0.25, 0.3) is 0 Å². The average molecular weight is 267 g/mol. The molecule has 2 heterocycles. The predicted molar refractivity (Wildman–Crippen MR) is 79.4 cm³/mol. The molecule has 1 aliphatic rings. The zero-order chi connectivity index (χ0) is 13.1. The second-order valence-corrected chi connectivity index (χ2v) is 6.62. The smallest absolute Gasteiger partial charge is 0.186 e. The molecule has 0 spiro atoms. The van der Waals surface area contributed by atoms with Crippen molar-refractivity contribution in [3.8, 4) is 0 Å². The van der Waals surface area contributed by atoms with Crippen LogP contribution in [0, 0.1) is 0 Å². The third kappa shape index (κ3) is 2.86. The quantitative estimate of drug-likeness (QED) is 0.911. The molecule has 1 aromatic rings. The van der Waals surface area contributed by atoms with Crippen LogP contribution in [-0.2, 0) is 6.54 Å². The molecular weight excluding hydrogens is 242 g/mol. The molecule has 1 aliphatic heterocycles. The fraction of sp³-hybridized carbons (Fsp3) is 0.786. The van der Waals surface area contributed by atoms with Gasteiger partial charge in [0.15, 0.2) is 5.13 Å². The minimum Gasteiger partial charge on any atom is -0.345 e. The van der Waals surface area contributed by atoms with E-state index in [-0.39, 0.29) is 0 Å². The van der Waals surface area contributed by atoms with E-state index in [0.29, 0.717) is 18.5 Å². The lowest BCUT2D eigenvalue weighted by molar-refractivity contribution is 0.614. The zero-order valence-corrected chi connectivity index (χ0v) is 12.6. The van der Waals surface area contributed by atoms with Crippen LogP contribution in [0.2, 0.25) is 0 Å². The van der Waals surface area contributed by atoms with E-state index in [9.17, 15) is 0 Å². The van der Waals surface area contributed by atoms with Crippen molar-refractivity contribution in [3.05, 3.63) is 10.6 Å². The van der Waals surface area contributed by atoms with Crippen LogP contribution in [0.3, 0.4) is 0 Å². The highest BCUT2D eigenvalue weighted by Crippen LogP contribution is 2.33. The lowest BCUT2D eigenvalue weighted by Crippen LogP contribution is -2.32. The van der Waals surface area contributed by atoms with Crippen molar-refractivity contribution in [2.45, 2.75) is 65.0 Å². The first kappa shape index (κ1) is 13.8. The number of anilines is 1. The Kier molecular flexibility index (Phi) is 4.62. The number of hydrogen-bond acceptors (Lipinski definition) is 4. The summed E-state index contributed by atoms with van der Waals surface area (Å²) in [6.45, 7) is 8.49. The molecule has 1 saturated heterocycles. The Morgan fingerprint density at radius 1 is 1.39 bits per heavy atom. The Morgan fingerprint density at radius 3 is 2.78 bits per heavy atom. The first-order valence-electron chi connectivity index (χ1n) is 7.09.